The van der Waals surface area contributed by atoms with E-state index in [1.807, 2.05) is 14.0 Å². The van der Waals surface area contributed by atoms with E-state index in [0.717, 1.165) is 16.8 Å². The lowest BCUT2D eigenvalue weighted by Crippen LogP contribution is -1.93. The summed E-state index contributed by atoms with van der Waals surface area (Å²) in [6, 6.07) is 3.21. The van der Waals surface area contributed by atoms with Gasteiger partial charge in [0.25, 0.3) is 0 Å². The molecule has 0 aliphatic heterocycles. The van der Waals surface area contributed by atoms with Crippen LogP contribution in [0.15, 0.2) is 24.5 Å². The third-order valence-electron chi connectivity index (χ3n) is 3.94. The second kappa shape index (κ2) is 5.34. The number of phenolic OH excluding ortho intramolecular Hbond substituents is 5. The molecular formula is C16H15N3O5. The molecule has 24 heavy (non-hydrogen) atoms. The molecule has 0 saturated carbocycles. The summed E-state index contributed by atoms with van der Waals surface area (Å²) >= 11 is 0. The fourth-order valence-electron chi connectivity index (χ4n) is 2.41. The third kappa shape index (κ3) is 2.16. The topological polar surface area (TPSA) is 132 Å². The number of aryl methyl sites for hydroxylation is 1. The second-order valence-electron chi connectivity index (χ2n) is 5.32. The smallest absolute Gasteiger partial charge is 0.208 e. The van der Waals surface area contributed by atoms with Crippen molar-refractivity contribution in [3.05, 3.63) is 30.2 Å². The Labute approximate surface area is 136 Å². The molecule has 3 aromatic rings. The minimum atomic E-state index is -1.00. The van der Waals surface area contributed by atoms with Crippen LogP contribution in [-0.2, 0) is 7.05 Å². The highest BCUT2D eigenvalue weighted by Crippen LogP contribution is 2.54. The first kappa shape index (κ1) is 15.5. The molecule has 0 aliphatic rings. The summed E-state index contributed by atoms with van der Waals surface area (Å²) in [6.45, 7) is 1.91. The Hall–Kier alpha value is -3.42. The van der Waals surface area contributed by atoms with Gasteiger partial charge in [-0.25, -0.2) is 0 Å². The lowest BCUT2D eigenvalue weighted by atomic mass is 10.0. The molecular weight excluding hydrogens is 314 g/mol. The standard InChI is InChI=1S/C16H15N3O5/c1-7-9(6-18-19(7)2)8-3-4-10(17-5-8)11-12(20)14(22)16(24)15(23)13(11)21/h3-6,20-24H,1-2H3. The monoisotopic (exact) mass is 329 g/mol. The lowest BCUT2D eigenvalue weighted by Gasteiger charge is -2.12. The van der Waals surface area contributed by atoms with Crippen molar-refractivity contribution in [2.24, 2.45) is 7.05 Å². The molecule has 8 nitrogen and oxygen atoms in total. The molecule has 5 N–H and O–H groups in total. The van der Waals surface area contributed by atoms with Crippen molar-refractivity contribution >= 4 is 0 Å². The SMILES string of the molecule is Cc1c(-c2ccc(-c3c(O)c(O)c(O)c(O)c3O)nc2)cnn1C. The minimum Gasteiger partial charge on any atom is -0.504 e. The molecule has 0 aliphatic carbocycles. The molecule has 2 aromatic heterocycles. The van der Waals surface area contributed by atoms with E-state index in [1.54, 1.807) is 16.9 Å². The summed E-state index contributed by atoms with van der Waals surface area (Å²) in [5.41, 5.74) is 2.42. The van der Waals surface area contributed by atoms with Crippen LogP contribution in [0.5, 0.6) is 28.7 Å². The van der Waals surface area contributed by atoms with E-state index in [9.17, 15) is 25.5 Å². The second-order valence-corrected chi connectivity index (χ2v) is 5.32. The Morgan fingerprint density at radius 1 is 0.833 bits per heavy atom. The number of hydrogen-bond acceptors (Lipinski definition) is 7. The van der Waals surface area contributed by atoms with Gasteiger partial charge in [-0.1, -0.05) is 6.07 Å². The Morgan fingerprint density at radius 2 is 1.42 bits per heavy atom. The molecule has 0 fully saturated rings. The highest BCUT2D eigenvalue weighted by molar-refractivity contribution is 5.83. The fraction of sp³-hybridized carbons (Fsp3) is 0.125. The maximum atomic E-state index is 9.94. The number of pyridine rings is 1. The summed E-state index contributed by atoms with van der Waals surface area (Å²) in [7, 11) is 1.82. The quantitative estimate of drug-likeness (QED) is 0.359. The summed E-state index contributed by atoms with van der Waals surface area (Å²) in [6.07, 6.45) is 3.21. The van der Waals surface area contributed by atoms with Crippen LogP contribution in [0.2, 0.25) is 0 Å². The van der Waals surface area contributed by atoms with Crippen LogP contribution in [0.4, 0.5) is 0 Å². The number of aromatic nitrogens is 3. The summed E-state index contributed by atoms with van der Waals surface area (Å²) in [5.74, 6) is -4.43. The number of hydrogen-bond donors (Lipinski definition) is 5. The summed E-state index contributed by atoms with van der Waals surface area (Å²) in [4.78, 5) is 4.15. The van der Waals surface area contributed by atoms with Gasteiger partial charge in [0.1, 0.15) is 0 Å². The van der Waals surface area contributed by atoms with Crippen molar-refractivity contribution < 1.29 is 25.5 Å². The van der Waals surface area contributed by atoms with E-state index >= 15 is 0 Å². The van der Waals surface area contributed by atoms with E-state index < -0.39 is 28.7 Å². The first-order valence-corrected chi connectivity index (χ1v) is 6.97. The molecule has 124 valence electrons. The van der Waals surface area contributed by atoms with Crippen LogP contribution in [0, 0.1) is 6.92 Å². The van der Waals surface area contributed by atoms with E-state index in [0.29, 0.717) is 0 Å². The molecule has 3 rings (SSSR count). The lowest BCUT2D eigenvalue weighted by molar-refractivity contribution is 0.330. The molecule has 0 atom stereocenters. The molecule has 0 radical (unpaired) electrons. The van der Waals surface area contributed by atoms with Crippen LogP contribution >= 0.6 is 0 Å². The Kier molecular flexibility index (Phi) is 3.44. The third-order valence-corrected chi connectivity index (χ3v) is 3.94. The number of rotatable bonds is 2. The molecule has 0 saturated heterocycles. The van der Waals surface area contributed by atoms with Crippen molar-refractivity contribution in [1.82, 2.24) is 14.8 Å². The molecule has 1 aromatic carbocycles. The molecule has 0 unspecified atom stereocenters. The normalized spacial score (nSPS) is 10.9. The van der Waals surface area contributed by atoms with Gasteiger partial charge in [0.05, 0.1) is 17.5 Å². The molecule has 2 heterocycles. The number of aromatic hydroxyl groups is 5. The summed E-state index contributed by atoms with van der Waals surface area (Å²) < 4.78 is 1.72. The Morgan fingerprint density at radius 3 is 1.88 bits per heavy atom. The Bertz CT molecular complexity index is 903. The number of benzene rings is 1. The predicted molar refractivity (Wildman–Crippen MR) is 84.9 cm³/mol. The first-order valence-electron chi connectivity index (χ1n) is 6.97. The van der Waals surface area contributed by atoms with Crippen LogP contribution in [0.1, 0.15) is 5.69 Å². The van der Waals surface area contributed by atoms with Gasteiger partial charge in [-0.3, -0.25) is 9.67 Å². The minimum absolute atomic E-state index is 0.112. The molecule has 0 bridgehead atoms. The zero-order valence-corrected chi connectivity index (χ0v) is 12.9. The fourth-order valence-corrected chi connectivity index (χ4v) is 2.41. The highest BCUT2D eigenvalue weighted by Gasteiger charge is 2.25. The zero-order chi connectivity index (χ0) is 17.6. The average molecular weight is 329 g/mol. The Balaban J connectivity index is 2.11. The maximum absolute atomic E-state index is 9.94. The van der Waals surface area contributed by atoms with Crippen LogP contribution < -0.4 is 0 Å². The van der Waals surface area contributed by atoms with Crippen molar-refractivity contribution in [3.8, 4) is 51.1 Å². The van der Waals surface area contributed by atoms with Gasteiger partial charge in [-0.15, -0.1) is 0 Å². The number of phenols is 5. The van der Waals surface area contributed by atoms with Gasteiger partial charge >= 0.3 is 0 Å². The predicted octanol–water partition coefficient (Wildman–Crippen LogP) is 1.99. The summed E-state index contributed by atoms with van der Waals surface area (Å²) in [5, 5.41) is 52.7. The molecule has 8 heteroatoms. The van der Waals surface area contributed by atoms with E-state index in [-0.39, 0.29) is 11.3 Å². The van der Waals surface area contributed by atoms with Gasteiger partial charge < -0.3 is 25.5 Å². The van der Waals surface area contributed by atoms with E-state index in [1.165, 1.54) is 12.3 Å². The van der Waals surface area contributed by atoms with Crippen LogP contribution in [0.25, 0.3) is 22.4 Å². The molecule has 0 spiro atoms. The van der Waals surface area contributed by atoms with Crippen molar-refractivity contribution in [3.63, 3.8) is 0 Å². The van der Waals surface area contributed by atoms with E-state index in [2.05, 4.69) is 10.1 Å². The largest absolute Gasteiger partial charge is 0.504 e. The maximum Gasteiger partial charge on any atom is 0.208 e. The van der Waals surface area contributed by atoms with Crippen molar-refractivity contribution in [2.75, 3.05) is 0 Å². The molecule has 0 amide bonds. The average Bonchev–Trinajstić information content (AvgIpc) is 2.91. The zero-order valence-electron chi connectivity index (χ0n) is 12.9. The van der Waals surface area contributed by atoms with Crippen molar-refractivity contribution in [1.29, 1.82) is 0 Å². The van der Waals surface area contributed by atoms with E-state index in [4.69, 9.17) is 0 Å². The van der Waals surface area contributed by atoms with Crippen LogP contribution in [-0.4, -0.2) is 40.3 Å². The van der Waals surface area contributed by atoms with Gasteiger partial charge in [-0.2, -0.15) is 5.10 Å². The van der Waals surface area contributed by atoms with Crippen molar-refractivity contribution in [2.45, 2.75) is 6.92 Å². The van der Waals surface area contributed by atoms with Crippen LogP contribution in [0.3, 0.4) is 0 Å². The van der Waals surface area contributed by atoms with Gasteiger partial charge in [-0.05, 0) is 13.0 Å². The first-order chi connectivity index (χ1) is 11.3. The highest BCUT2D eigenvalue weighted by atomic mass is 16.4. The van der Waals surface area contributed by atoms with Gasteiger partial charge in [0.2, 0.25) is 17.2 Å². The van der Waals surface area contributed by atoms with Gasteiger partial charge in [0, 0.05) is 30.1 Å². The van der Waals surface area contributed by atoms with Gasteiger partial charge in [0.15, 0.2) is 11.5 Å². The number of nitrogens with zero attached hydrogens (tertiary/aromatic N) is 3.